The van der Waals surface area contributed by atoms with E-state index >= 15 is 0 Å². The number of hydrogen-bond donors (Lipinski definition) is 2. The van der Waals surface area contributed by atoms with Crippen LogP contribution in [0.25, 0.3) is 0 Å². The van der Waals surface area contributed by atoms with E-state index in [2.05, 4.69) is 0 Å². The van der Waals surface area contributed by atoms with Crippen molar-refractivity contribution < 1.29 is 24.4 Å². The van der Waals surface area contributed by atoms with Gasteiger partial charge in [0.05, 0.1) is 0 Å². The molecular weight excluding hydrogens is 200 g/mol. The van der Waals surface area contributed by atoms with Crippen molar-refractivity contribution in [2.45, 2.75) is 39.0 Å². The Morgan fingerprint density at radius 1 is 1.40 bits per heavy atom. The second-order valence-corrected chi connectivity index (χ2v) is 4.34. The second kappa shape index (κ2) is 3.37. The molecule has 0 aromatic rings. The topological polar surface area (TPSA) is 68.2 Å². The smallest absolute Gasteiger partial charge is 0.229 e. The number of aliphatic hydroxyl groups excluding tert-OH is 2. The second-order valence-electron chi connectivity index (χ2n) is 4.34. The maximum atomic E-state index is 9.41. The Hall–Kier alpha value is -0.780. The van der Waals surface area contributed by atoms with Gasteiger partial charge in [-0.2, -0.15) is 0 Å². The molecule has 2 saturated heterocycles. The minimum atomic E-state index is -0.649. The summed E-state index contributed by atoms with van der Waals surface area (Å²) in [7, 11) is 0. The summed E-state index contributed by atoms with van der Waals surface area (Å²) < 4.78 is 16.5. The number of hydrogen-bond acceptors (Lipinski definition) is 5. The van der Waals surface area contributed by atoms with Crippen molar-refractivity contribution in [1.82, 2.24) is 0 Å². The maximum absolute atomic E-state index is 9.41. The molecule has 0 spiro atoms. The van der Waals surface area contributed by atoms with Gasteiger partial charge in [-0.15, -0.1) is 0 Å². The molecule has 5 nitrogen and oxygen atoms in total. The van der Waals surface area contributed by atoms with Gasteiger partial charge in [0.1, 0.15) is 18.5 Å². The van der Waals surface area contributed by atoms with Crippen LogP contribution in [-0.2, 0) is 14.2 Å². The van der Waals surface area contributed by atoms with Gasteiger partial charge in [-0.05, 0) is 13.8 Å². The number of fused-ring (bicyclic) bond motifs is 1. The predicted octanol–water partition coefficient (Wildman–Crippen LogP) is 0.892. The highest BCUT2D eigenvalue weighted by Crippen LogP contribution is 2.42. The lowest BCUT2D eigenvalue weighted by atomic mass is 10.0. The molecule has 0 aromatic heterocycles. The predicted molar refractivity (Wildman–Crippen MR) is 50.8 cm³/mol. The van der Waals surface area contributed by atoms with Crippen LogP contribution in [0, 0.1) is 5.92 Å². The first-order chi connectivity index (χ1) is 6.94. The molecule has 0 radical (unpaired) electrons. The molecule has 0 amide bonds. The van der Waals surface area contributed by atoms with E-state index in [-0.39, 0.29) is 17.8 Å². The number of ether oxygens (including phenoxy) is 3. The molecule has 3 atom stereocenters. The van der Waals surface area contributed by atoms with Gasteiger partial charge in [0.15, 0.2) is 11.5 Å². The fraction of sp³-hybridized carbons (Fsp3) is 0.800. The molecule has 0 aromatic carbocycles. The lowest BCUT2D eigenvalue weighted by Gasteiger charge is -2.20. The molecule has 15 heavy (non-hydrogen) atoms. The van der Waals surface area contributed by atoms with Crippen molar-refractivity contribution in [3.8, 4) is 0 Å². The summed E-state index contributed by atoms with van der Waals surface area (Å²) in [6.45, 7) is 5.08. The Morgan fingerprint density at radius 3 is 2.60 bits per heavy atom. The van der Waals surface area contributed by atoms with Gasteiger partial charge in [-0.3, -0.25) is 0 Å². The van der Waals surface area contributed by atoms with Crippen molar-refractivity contribution >= 4 is 0 Å². The Balaban J connectivity index is 2.18. The highest BCUT2D eigenvalue weighted by molar-refractivity contribution is 5.12. The minimum Gasteiger partial charge on any atom is -0.507 e. The van der Waals surface area contributed by atoms with Crippen LogP contribution < -0.4 is 0 Å². The summed E-state index contributed by atoms with van der Waals surface area (Å²) in [5, 5.41) is 18.2. The Morgan fingerprint density at radius 2 is 2.07 bits per heavy atom. The van der Waals surface area contributed by atoms with Crippen LogP contribution in [0.3, 0.4) is 0 Å². The van der Waals surface area contributed by atoms with Crippen LogP contribution in [0.2, 0.25) is 0 Å². The van der Waals surface area contributed by atoms with E-state index < -0.39 is 18.7 Å². The van der Waals surface area contributed by atoms with E-state index in [0.717, 1.165) is 0 Å². The molecule has 0 aliphatic carbocycles. The third kappa shape index (κ3) is 1.71. The average Bonchev–Trinajstić information content (AvgIpc) is 2.60. The first-order valence-corrected chi connectivity index (χ1v) is 5.00. The number of rotatable bonds is 1. The van der Waals surface area contributed by atoms with Crippen LogP contribution in [0.15, 0.2) is 11.5 Å². The van der Waals surface area contributed by atoms with E-state index in [1.807, 2.05) is 20.8 Å². The Kier molecular flexibility index (Phi) is 2.41. The van der Waals surface area contributed by atoms with Crippen molar-refractivity contribution in [2.24, 2.45) is 5.92 Å². The van der Waals surface area contributed by atoms with Crippen LogP contribution in [0.5, 0.6) is 0 Å². The molecular formula is C10H16O5. The van der Waals surface area contributed by atoms with E-state index in [4.69, 9.17) is 19.3 Å². The van der Waals surface area contributed by atoms with Crippen molar-refractivity contribution in [3.63, 3.8) is 0 Å². The molecule has 2 aliphatic heterocycles. The molecule has 2 rings (SSSR count). The van der Waals surface area contributed by atoms with Crippen molar-refractivity contribution in [2.75, 3.05) is 6.61 Å². The largest absolute Gasteiger partial charge is 0.507 e. The van der Waals surface area contributed by atoms with E-state index in [1.165, 1.54) is 0 Å². The minimum absolute atomic E-state index is 0.107. The third-order valence-electron chi connectivity index (χ3n) is 2.67. The van der Waals surface area contributed by atoms with Crippen molar-refractivity contribution in [1.29, 1.82) is 0 Å². The van der Waals surface area contributed by atoms with E-state index in [0.29, 0.717) is 5.76 Å². The molecule has 2 fully saturated rings. The van der Waals surface area contributed by atoms with Crippen LogP contribution in [0.1, 0.15) is 20.8 Å². The lowest BCUT2D eigenvalue weighted by molar-refractivity contribution is -0.187. The van der Waals surface area contributed by atoms with Crippen LogP contribution in [-0.4, -0.2) is 35.0 Å². The summed E-state index contributed by atoms with van der Waals surface area (Å²) in [5.74, 6) is -0.543. The summed E-state index contributed by atoms with van der Waals surface area (Å²) in [4.78, 5) is 0. The Labute approximate surface area is 88.3 Å². The first-order valence-electron chi connectivity index (χ1n) is 5.00. The zero-order chi connectivity index (χ0) is 11.2. The fourth-order valence-corrected chi connectivity index (χ4v) is 1.98. The SMILES string of the molecule is C[C@@H]1/C(=C(/O)CO)OC2OC(C)(C)OC21. The maximum Gasteiger partial charge on any atom is 0.229 e. The summed E-state index contributed by atoms with van der Waals surface area (Å²) in [6.07, 6.45) is -0.706. The van der Waals surface area contributed by atoms with Gasteiger partial charge in [-0.25, -0.2) is 0 Å². The van der Waals surface area contributed by atoms with Gasteiger partial charge in [0.25, 0.3) is 0 Å². The first kappa shape index (κ1) is 10.7. The molecule has 0 saturated carbocycles. The van der Waals surface area contributed by atoms with Crippen molar-refractivity contribution in [3.05, 3.63) is 11.5 Å². The van der Waals surface area contributed by atoms with E-state index in [9.17, 15) is 5.11 Å². The quantitative estimate of drug-likeness (QED) is 0.637. The summed E-state index contributed by atoms with van der Waals surface area (Å²) in [5.41, 5.74) is 0. The van der Waals surface area contributed by atoms with Gasteiger partial charge in [0, 0.05) is 5.92 Å². The average molecular weight is 216 g/mol. The summed E-state index contributed by atoms with van der Waals surface area (Å²) in [6, 6.07) is 0. The number of aliphatic hydroxyl groups is 2. The van der Waals surface area contributed by atoms with Crippen LogP contribution >= 0.6 is 0 Å². The molecule has 2 unspecified atom stereocenters. The van der Waals surface area contributed by atoms with Gasteiger partial charge in [0.2, 0.25) is 6.29 Å². The zero-order valence-corrected chi connectivity index (χ0v) is 9.06. The van der Waals surface area contributed by atoms with Gasteiger partial charge < -0.3 is 24.4 Å². The zero-order valence-electron chi connectivity index (χ0n) is 9.06. The monoisotopic (exact) mass is 216 g/mol. The highest BCUT2D eigenvalue weighted by atomic mass is 16.8. The molecule has 0 bridgehead atoms. The Bertz CT molecular complexity index is 296. The molecule has 5 heteroatoms. The summed E-state index contributed by atoms with van der Waals surface area (Å²) >= 11 is 0. The van der Waals surface area contributed by atoms with E-state index in [1.54, 1.807) is 0 Å². The highest BCUT2D eigenvalue weighted by Gasteiger charge is 2.52. The third-order valence-corrected chi connectivity index (χ3v) is 2.67. The van der Waals surface area contributed by atoms with Gasteiger partial charge in [-0.1, -0.05) is 6.92 Å². The standard InChI is InChI=1S/C10H16O5/c1-5-7(6(12)4-11)13-9-8(5)14-10(2,3)15-9/h5,8-9,11-12H,4H2,1-3H3/b7-6-/t5-,8?,9?/m1/s1. The molecule has 86 valence electrons. The fourth-order valence-electron chi connectivity index (χ4n) is 1.98. The molecule has 2 aliphatic rings. The normalized spacial score (nSPS) is 41.2. The molecule has 2 heterocycles. The molecule has 2 N–H and O–H groups in total. The van der Waals surface area contributed by atoms with Crippen LogP contribution in [0.4, 0.5) is 0 Å². The lowest BCUT2D eigenvalue weighted by Crippen LogP contribution is -2.25. The van der Waals surface area contributed by atoms with Gasteiger partial charge >= 0.3 is 0 Å².